The topological polar surface area (TPSA) is 200 Å². The predicted molar refractivity (Wildman–Crippen MR) is 177 cm³/mol. The number of amides is 2. The van der Waals surface area contributed by atoms with Gasteiger partial charge in [-0.25, -0.2) is 22.9 Å². The second-order valence-electron chi connectivity index (χ2n) is 11.9. The first-order chi connectivity index (χ1) is 22.6. The van der Waals surface area contributed by atoms with Crippen molar-refractivity contribution < 1.29 is 40.3 Å². The van der Waals surface area contributed by atoms with Gasteiger partial charge in [-0.15, -0.1) is 21.5 Å². The molecule has 1 fully saturated rings. The molecule has 15 nitrogen and oxygen atoms in total. The first-order valence-corrected chi connectivity index (χ1v) is 19.1. The molecule has 1 atom stereocenters. The lowest BCUT2D eigenvalue weighted by atomic mass is 10.0. The fourth-order valence-corrected chi connectivity index (χ4v) is 8.63. The third kappa shape index (κ3) is 8.73. The van der Waals surface area contributed by atoms with Gasteiger partial charge in [0, 0.05) is 18.7 Å². The number of hydrogen-bond acceptors (Lipinski definition) is 13. The highest BCUT2D eigenvalue weighted by atomic mass is 32.2. The minimum Gasteiger partial charge on any atom is -0.443 e. The lowest BCUT2D eigenvalue weighted by molar-refractivity contribution is 0.0303. The van der Waals surface area contributed by atoms with Gasteiger partial charge in [-0.05, 0) is 62.6 Å². The summed E-state index contributed by atoms with van der Waals surface area (Å²) >= 11 is 1.16. The number of ether oxygens (including phenoxy) is 2. The van der Waals surface area contributed by atoms with Crippen LogP contribution in [-0.4, -0.2) is 86.6 Å². The smallest absolute Gasteiger partial charge is 0.422 e. The summed E-state index contributed by atoms with van der Waals surface area (Å²) in [6, 6.07) is 12.8. The van der Waals surface area contributed by atoms with E-state index >= 15 is 0 Å². The van der Waals surface area contributed by atoms with E-state index < -0.39 is 43.5 Å². The Kier molecular flexibility index (Phi) is 10.5. The highest BCUT2D eigenvalue weighted by molar-refractivity contribution is 7.92. The number of benzene rings is 2. The maximum Gasteiger partial charge on any atom is 0.422 e. The summed E-state index contributed by atoms with van der Waals surface area (Å²) < 4.78 is 72.0. The van der Waals surface area contributed by atoms with Crippen LogP contribution in [0, 0.1) is 0 Å². The molecule has 18 heteroatoms. The molecular formula is C30H36N6O9S3. The number of thiazole rings is 1. The second-order valence-corrected chi connectivity index (χ2v) is 16.7. The van der Waals surface area contributed by atoms with Crippen LogP contribution in [0.5, 0.6) is 0 Å². The monoisotopic (exact) mass is 720 g/mol. The Morgan fingerprint density at radius 2 is 1.71 bits per heavy atom. The molecule has 48 heavy (non-hydrogen) atoms. The van der Waals surface area contributed by atoms with Crippen molar-refractivity contribution in [2.24, 2.45) is 0 Å². The van der Waals surface area contributed by atoms with Gasteiger partial charge in [0.2, 0.25) is 11.8 Å². The number of rotatable bonds is 11. The lowest BCUT2D eigenvalue weighted by Crippen LogP contribution is -2.42. The molecule has 1 saturated heterocycles. The van der Waals surface area contributed by atoms with Gasteiger partial charge < -0.3 is 18.8 Å². The van der Waals surface area contributed by atoms with Gasteiger partial charge in [-0.3, -0.25) is 4.79 Å². The molecule has 0 aliphatic carbocycles. The number of aromatic nitrogens is 3. The number of hydrogen-bond donors (Lipinski definition) is 2. The Morgan fingerprint density at radius 1 is 1.02 bits per heavy atom. The van der Waals surface area contributed by atoms with E-state index in [-0.39, 0.29) is 28.4 Å². The van der Waals surface area contributed by atoms with Gasteiger partial charge in [0.05, 0.1) is 35.7 Å². The summed E-state index contributed by atoms with van der Waals surface area (Å²) in [5.41, 5.74) is 1.94. The summed E-state index contributed by atoms with van der Waals surface area (Å²) in [4.78, 5) is 31.1. The molecule has 3 heterocycles. The summed E-state index contributed by atoms with van der Waals surface area (Å²) in [7, 11) is -8.24. The molecule has 2 aromatic carbocycles. The summed E-state index contributed by atoms with van der Waals surface area (Å²) in [5.74, 6) is -0.725. The van der Waals surface area contributed by atoms with Gasteiger partial charge in [0.15, 0.2) is 15.1 Å². The highest BCUT2D eigenvalue weighted by Crippen LogP contribution is 2.37. The maximum absolute atomic E-state index is 13.5. The molecule has 2 amide bonds. The van der Waals surface area contributed by atoms with Crippen molar-refractivity contribution in [2.45, 2.75) is 51.5 Å². The molecule has 0 spiro atoms. The second kappa shape index (κ2) is 14.3. The number of fused-ring (bicyclic) bond motifs is 1. The zero-order chi connectivity index (χ0) is 34.7. The predicted octanol–water partition coefficient (Wildman–Crippen LogP) is 3.59. The maximum atomic E-state index is 13.5. The quantitative estimate of drug-likeness (QED) is 0.229. The largest absolute Gasteiger partial charge is 0.443 e. The van der Waals surface area contributed by atoms with Crippen molar-refractivity contribution in [1.29, 1.82) is 0 Å². The van der Waals surface area contributed by atoms with Crippen LogP contribution in [-0.2, 0) is 36.1 Å². The van der Waals surface area contributed by atoms with E-state index in [9.17, 15) is 26.4 Å². The fourth-order valence-electron chi connectivity index (χ4n) is 4.85. The number of nitrogens with one attached hydrogen (secondary N) is 2. The first kappa shape index (κ1) is 35.3. The molecule has 0 radical (unpaired) electrons. The fraction of sp³-hybridized carbons (Fsp3) is 0.433. The average Bonchev–Trinajstić information content (AvgIpc) is 3.65. The van der Waals surface area contributed by atoms with E-state index in [4.69, 9.17) is 13.9 Å². The molecule has 5 rings (SSSR count). The minimum atomic E-state index is -4.36. The summed E-state index contributed by atoms with van der Waals surface area (Å²) in [5, 5.41) is 6.58. The zero-order valence-corrected chi connectivity index (χ0v) is 29.2. The van der Waals surface area contributed by atoms with Gasteiger partial charge >= 0.3 is 16.3 Å². The summed E-state index contributed by atoms with van der Waals surface area (Å²) in [6.45, 7) is 8.09. The molecule has 258 valence electrons. The van der Waals surface area contributed by atoms with Crippen molar-refractivity contribution in [3.05, 3.63) is 64.8 Å². The van der Waals surface area contributed by atoms with E-state index in [1.807, 2.05) is 24.3 Å². The van der Waals surface area contributed by atoms with Crippen LogP contribution < -0.4 is 9.44 Å². The molecule has 1 aliphatic heterocycles. The van der Waals surface area contributed by atoms with E-state index in [1.54, 1.807) is 55.5 Å². The zero-order valence-electron chi connectivity index (χ0n) is 26.8. The average molecular weight is 721 g/mol. The normalized spacial score (nSPS) is 15.0. The van der Waals surface area contributed by atoms with Crippen LogP contribution in [0.15, 0.2) is 46.9 Å². The molecule has 1 unspecified atom stereocenters. The molecule has 0 saturated carbocycles. The summed E-state index contributed by atoms with van der Waals surface area (Å²) in [6.07, 6.45) is -0.850. The standard InChI is InChI=1S/C30H36N6O9S3/c1-5-16-47(39,40)25(26-34-33-24(44-26)18-31-48(41,42)35-29(38)45-30(2,3)4)27-32-22-11-10-21(17-23(22)46-27)19-6-8-20(9-7-19)28(37)36-12-14-43-15-13-36/h6-11,17,25,31H,5,12-16,18H2,1-4H3,(H,35,38). The van der Waals surface area contributed by atoms with Crippen LogP contribution in [0.4, 0.5) is 4.79 Å². The SMILES string of the molecule is CCCS(=O)(=O)C(c1nnc(CNS(=O)(=O)NC(=O)OC(C)(C)C)o1)c1nc2ccc(-c3ccc(C(=O)N4CCOCC4)cc3)cc2s1. The van der Waals surface area contributed by atoms with Crippen LogP contribution in [0.2, 0.25) is 0 Å². The van der Waals surface area contributed by atoms with Crippen LogP contribution in [0.1, 0.15) is 66.5 Å². The number of nitrogens with zero attached hydrogens (tertiary/aromatic N) is 4. The molecule has 2 aromatic heterocycles. The van der Waals surface area contributed by atoms with Gasteiger partial charge in [-0.1, -0.05) is 25.1 Å². The lowest BCUT2D eigenvalue weighted by Gasteiger charge is -2.26. The van der Waals surface area contributed by atoms with Crippen molar-refractivity contribution in [3.63, 3.8) is 0 Å². The number of morpholine rings is 1. The minimum absolute atomic E-state index is 0.0502. The van der Waals surface area contributed by atoms with Crippen molar-refractivity contribution in [2.75, 3.05) is 32.1 Å². The van der Waals surface area contributed by atoms with Crippen molar-refractivity contribution in [1.82, 2.24) is 29.5 Å². The van der Waals surface area contributed by atoms with Crippen LogP contribution in [0.25, 0.3) is 21.3 Å². The Morgan fingerprint density at radius 3 is 2.38 bits per heavy atom. The third-order valence-electron chi connectivity index (χ3n) is 6.98. The molecule has 2 N–H and O–H groups in total. The molecular weight excluding hydrogens is 685 g/mol. The van der Waals surface area contributed by atoms with E-state index in [1.165, 1.54) is 0 Å². The number of sulfone groups is 1. The Balaban J connectivity index is 1.36. The van der Waals surface area contributed by atoms with E-state index in [2.05, 4.69) is 19.9 Å². The highest BCUT2D eigenvalue weighted by Gasteiger charge is 2.36. The number of carbonyl (C=O) groups excluding carboxylic acids is 2. The van der Waals surface area contributed by atoms with Crippen LogP contribution in [0.3, 0.4) is 0 Å². The van der Waals surface area contributed by atoms with E-state index in [0.29, 0.717) is 48.5 Å². The van der Waals surface area contributed by atoms with Gasteiger partial charge in [0.1, 0.15) is 10.6 Å². The van der Waals surface area contributed by atoms with E-state index in [0.717, 1.165) is 22.5 Å². The molecule has 4 aromatic rings. The Hall–Kier alpha value is -3.97. The number of carbonyl (C=O) groups is 2. The first-order valence-electron chi connectivity index (χ1n) is 15.1. The third-order valence-corrected chi connectivity index (χ3v) is 11.3. The Labute approximate surface area is 282 Å². The van der Waals surface area contributed by atoms with Gasteiger partial charge in [0.25, 0.3) is 5.91 Å². The van der Waals surface area contributed by atoms with Crippen LogP contribution >= 0.6 is 11.3 Å². The Bertz CT molecular complexity index is 2000. The molecule has 0 bridgehead atoms. The van der Waals surface area contributed by atoms with Crippen molar-refractivity contribution in [3.8, 4) is 11.1 Å². The molecule has 1 aliphatic rings. The van der Waals surface area contributed by atoms with Crippen molar-refractivity contribution >= 4 is 53.6 Å². The van der Waals surface area contributed by atoms with Gasteiger partial charge in [-0.2, -0.15) is 13.1 Å².